The third-order valence-electron chi connectivity index (χ3n) is 8.11. The Kier molecular flexibility index (Phi) is 6.80. The molecule has 0 radical (unpaired) electrons. The highest BCUT2D eigenvalue weighted by molar-refractivity contribution is 6.06. The zero-order valence-corrected chi connectivity index (χ0v) is 24.9. The molecule has 6 heteroatoms. The van der Waals surface area contributed by atoms with Gasteiger partial charge in [0.15, 0.2) is 23.2 Å². The SMILES string of the molecule is [C-]#[N+]c1cc(-c2cc(C#N)cc(-c3nc(-c4ccccc4)nc(-c4ccccc4)n3)c2)cc(-c2ccc3oc4ccccc4c3c2)c1. The third-order valence-corrected chi connectivity index (χ3v) is 8.11. The van der Waals surface area contributed by atoms with Crippen LogP contribution in [0.4, 0.5) is 5.69 Å². The molecule has 0 fully saturated rings. The van der Waals surface area contributed by atoms with Crippen molar-refractivity contribution >= 4 is 27.6 Å². The predicted molar refractivity (Wildman–Crippen MR) is 185 cm³/mol. The highest BCUT2D eigenvalue weighted by atomic mass is 16.3. The van der Waals surface area contributed by atoms with E-state index >= 15 is 0 Å². The molecule has 0 bridgehead atoms. The topological polar surface area (TPSA) is 80.0 Å². The van der Waals surface area contributed by atoms with Gasteiger partial charge in [-0.3, -0.25) is 0 Å². The number of nitrogens with zero attached hydrogens (tertiary/aromatic N) is 5. The van der Waals surface area contributed by atoms with Crippen LogP contribution in [0.15, 0.2) is 144 Å². The van der Waals surface area contributed by atoms with Crippen molar-refractivity contribution in [1.82, 2.24) is 15.0 Å². The zero-order chi connectivity index (χ0) is 31.7. The van der Waals surface area contributed by atoms with Crippen LogP contribution in [-0.4, -0.2) is 15.0 Å². The molecule has 8 aromatic rings. The summed E-state index contributed by atoms with van der Waals surface area (Å²) in [6.45, 7) is 7.87. The van der Waals surface area contributed by atoms with Crippen LogP contribution in [0.25, 0.3) is 83.2 Å². The molecule has 0 unspecified atom stereocenters. The van der Waals surface area contributed by atoms with Gasteiger partial charge in [0.2, 0.25) is 0 Å². The molecular weight excluding hydrogens is 578 g/mol. The van der Waals surface area contributed by atoms with Gasteiger partial charge in [-0.1, -0.05) is 84.9 Å². The average Bonchev–Trinajstić information content (AvgIpc) is 3.53. The van der Waals surface area contributed by atoms with E-state index in [4.69, 9.17) is 25.9 Å². The van der Waals surface area contributed by atoms with Gasteiger partial charge in [-0.15, -0.1) is 0 Å². The Hall–Kier alpha value is -6.89. The number of benzene rings is 6. The number of aromatic nitrogens is 3. The van der Waals surface area contributed by atoms with Crippen LogP contribution < -0.4 is 0 Å². The van der Waals surface area contributed by atoms with E-state index in [1.807, 2.05) is 115 Å². The Morgan fingerprint density at radius 1 is 0.489 bits per heavy atom. The van der Waals surface area contributed by atoms with E-state index < -0.39 is 0 Å². The van der Waals surface area contributed by atoms with Crippen molar-refractivity contribution in [2.45, 2.75) is 0 Å². The number of furan rings is 1. The van der Waals surface area contributed by atoms with Crippen LogP contribution in [0.1, 0.15) is 5.56 Å². The van der Waals surface area contributed by atoms with E-state index in [2.05, 4.69) is 29.1 Å². The van der Waals surface area contributed by atoms with Gasteiger partial charge in [-0.2, -0.15) is 5.26 Å². The van der Waals surface area contributed by atoms with Crippen molar-refractivity contribution in [1.29, 1.82) is 5.26 Å². The Bertz CT molecular complexity index is 2480. The minimum atomic E-state index is 0.454. The molecule has 2 heterocycles. The Labute approximate surface area is 270 Å². The monoisotopic (exact) mass is 601 g/mol. The summed E-state index contributed by atoms with van der Waals surface area (Å²) in [7, 11) is 0. The van der Waals surface area contributed by atoms with Crippen molar-refractivity contribution in [2.75, 3.05) is 0 Å². The fourth-order valence-corrected chi connectivity index (χ4v) is 5.84. The van der Waals surface area contributed by atoms with Gasteiger partial charge in [0.05, 0.1) is 18.2 Å². The summed E-state index contributed by atoms with van der Waals surface area (Å²) in [6.07, 6.45) is 0. The smallest absolute Gasteiger partial charge is 0.188 e. The number of hydrogen-bond donors (Lipinski definition) is 0. The second kappa shape index (κ2) is 11.6. The zero-order valence-electron chi connectivity index (χ0n) is 24.9. The molecule has 8 rings (SSSR count). The summed E-state index contributed by atoms with van der Waals surface area (Å²) >= 11 is 0. The van der Waals surface area contributed by atoms with Crippen molar-refractivity contribution in [3.8, 4) is 62.5 Å². The Morgan fingerprint density at radius 3 is 1.68 bits per heavy atom. The standard InChI is InChI=1S/C41H23N5O/c1-43-34-22-31(29-16-17-38-36(24-29)35-14-8-9-15-37(35)47-38)20-32(23-34)30-18-26(25-42)19-33(21-30)41-45-39(27-10-4-2-5-11-27)44-40(46-41)28-12-6-3-7-13-28/h2-24H. The number of fused-ring (bicyclic) bond motifs is 3. The molecule has 0 spiro atoms. The average molecular weight is 602 g/mol. The van der Waals surface area contributed by atoms with Gasteiger partial charge < -0.3 is 4.42 Å². The molecule has 0 amide bonds. The number of rotatable bonds is 5. The molecular formula is C41H23N5O. The molecule has 0 aliphatic heterocycles. The molecule has 0 aliphatic carbocycles. The molecule has 47 heavy (non-hydrogen) atoms. The maximum absolute atomic E-state index is 10.1. The molecule has 0 saturated heterocycles. The van der Waals surface area contributed by atoms with E-state index in [0.29, 0.717) is 34.3 Å². The van der Waals surface area contributed by atoms with Crippen LogP contribution >= 0.6 is 0 Å². The first-order valence-corrected chi connectivity index (χ1v) is 15.0. The molecule has 0 aliphatic rings. The van der Waals surface area contributed by atoms with Gasteiger partial charge in [-0.05, 0) is 76.9 Å². The van der Waals surface area contributed by atoms with Gasteiger partial charge in [0.25, 0.3) is 0 Å². The first-order valence-electron chi connectivity index (χ1n) is 15.0. The van der Waals surface area contributed by atoms with Crippen molar-refractivity contribution in [3.05, 3.63) is 157 Å². The fraction of sp³-hybridized carbons (Fsp3) is 0. The van der Waals surface area contributed by atoms with Crippen LogP contribution in [0.3, 0.4) is 0 Å². The number of hydrogen-bond acceptors (Lipinski definition) is 5. The third kappa shape index (κ3) is 5.27. The molecule has 0 atom stereocenters. The second-order valence-electron chi connectivity index (χ2n) is 11.1. The highest BCUT2D eigenvalue weighted by Gasteiger charge is 2.15. The normalized spacial score (nSPS) is 10.9. The van der Waals surface area contributed by atoms with E-state index in [9.17, 15) is 5.26 Å². The minimum absolute atomic E-state index is 0.454. The first kappa shape index (κ1) is 27.6. The van der Waals surface area contributed by atoms with Crippen LogP contribution in [0, 0.1) is 17.9 Å². The molecule has 0 N–H and O–H groups in total. The summed E-state index contributed by atoms with van der Waals surface area (Å²) in [5, 5.41) is 12.1. The van der Waals surface area contributed by atoms with E-state index in [1.54, 1.807) is 6.07 Å². The lowest BCUT2D eigenvalue weighted by molar-refractivity contribution is 0.669. The van der Waals surface area contributed by atoms with E-state index in [-0.39, 0.29) is 0 Å². The summed E-state index contributed by atoms with van der Waals surface area (Å²) < 4.78 is 6.04. The molecule has 0 saturated carbocycles. The first-order chi connectivity index (χ1) is 23.1. The van der Waals surface area contributed by atoms with Gasteiger partial charge >= 0.3 is 0 Å². The minimum Gasteiger partial charge on any atom is -0.456 e. The Morgan fingerprint density at radius 2 is 1.02 bits per heavy atom. The van der Waals surface area contributed by atoms with Crippen LogP contribution in [0.5, 0.6) is 0 Å². The number of nitriles is 1. The van der Waals surface area contributed by atoms with Crippen molar-refractivity contribution in [3.63, 3.8) is 0 Å². The summed E-state index contributed by atoms with van der Waals surface area (Å²) in [6, 6.07) is 47.3. The van der Waals surface area contributed by atoms with Crippen LogP contribution in [-0.2, 0) is 0 Å². The summed E-state index contributed by atoms with van der Waals surface area (Å²) in [5.74, 6) is 1.53. The van der Waals surface area contributed by atoms with E-state index in [0.717, 1.165) is 55.3 Å². The molecule has 6 aromatic carbocycles. The van der Waals surface area contributed by atoms with Crippen molar-refractivity contribution < 1.29 is 4.42 Å². The maximum Gasteiger partial charge on any atom is 0.188 e. The predicted octanol–water partition coefficient (Wildman–Crippen LogP) is 10.5. The molecule has 6 nitrogen and oxygen atoms in total. The Balaban J connectivity index is 1.28. The van der Waals surface area contributed by atoms with Crippen molar-refractivity contribution in [2.24, 2.45) is 0 Å². The second-order valence-corrected chi connectivity index (χ2v) is 11.1. The van der Waals surface area contributed by atoms with E-state index in [1.165, 1.54) is 0 Å². The lowest BCUT2D eigenvalue weighted by Gasteiger charge is -2.12. The fourth-order valence-electron chi connectivity index (χ4n) is 5.84. The van der Waals surface area contributed by atoms with Gasteiger partial charge in [0, 0.05) is 27.5 Å². The highest BCUT2D eigenvalue weighted by Crippen LogP contribution is 2.37. The lowest BCUT2D eigenvalue weighted by atomic mass is 9.95. The van der Waals surface area contributed by atoms with Crippen LogP contribution in [0.2, 0.25) is 0 Å². The molecule has 218 valence electrons. The largest absolute Gasteiger partial charge is 0.456 e. The number of para-hydroxylation sites is 1. The van der Waals surface area contributed by atoms with Gasteiger partial charge in [0.1, 0.15) is 11.2 Å². The maximum atomic E-state index is 10.1. The van der Waals surface area contributed by atoms with Gasteiger partial charge in [-0.25, -0.2) is 19.8 Å². The lowest BCUT2D eigenvalue weighted by Crippen LogP contribution is -2.00. The molecule has 2 aromatic heterocycles. The summed E-state index contributed by atoms with van der Waals surface area (Å²) in [4.78, 5) is 18.3. The quantitative estimate of drug-likeness (QED) is 0.183. The summed E-state index contributed by atoms with van der Waals surface area (Å²) in [5.41, 5.74) is 8.45.